The molecule has 0 unspecified atom stereocenters. The first-order valence-electron chi connectivity index (χ1n) is 7.93. The third-order valence-electron chi connectivity index (χ3n) is 3.65. The van der Waals surface area contributed by atoms with Crippen LogP contribution in [0.4, 0.5) is 5.69 Å². The van der Waals surface area contributed by atoms with Crippen molar-refractivity contribution in [2.24, 2.45) is 0 Å². The summed E-state index contributed by atoms with van der Waals surface area (Å²) in [4.78, 5) is 13.1. The molecular weight excluding hydrogens is 356 g/mol. The molecule has 2 rings (SSSR count). The molecule has 0 bridgehead atoms. The minimum absolute atomic E-state index is 0.0654. The molecule has 0 aromatic heterocycles. The number of rotatable bonds is 7. The number of para-hydroxylation sites is 1. The van der Waals surface area contributed by atoms with Crippen molar-refractivity contribution in [2.45, 2.75) is 30.1 Å². The molecule has 0 radical (unpaired) electrons. The lowest BCUT2D eigenvalue weighted by Crippen LogP contribution is -2.25. The van der Waals surface area contributed by atoms with Crippen LogP contribution < -0.4 is 10.0 Å². The molecular formula is C18H22N2O3S2. The molecule has 0 spiro atoms. The number of aryl methyl sites for hydroxylation is 1. The van der Waals surface area contributed by atoms with Crippen LogP contribution in [0.25, 0.3) is 0 Å². The number of carbonyl (C=O) groups is 1. The summed E-state index contributed by atoms with van der Waals surface area (Å²) in [6.45, 7) is 4.30. The van der Waals surface area contributed by atoms with Gasteiger partial charge in [0, 0.05) is 17.0 Å². The van der Waals surface area contributed by atoms with Gasteiger partial charge < -0.3 is 5.32 Å². The Morgan fingerprint density at radius 2 is 1.88 bits per heavy atom. The van der Waals surface area contributed by atoms with Gasteiger partial charge in [-0.1, -0.05) is 25.1 Å². The van der Waals surface area contributed by atoms with E-state index in [-0.39, 0.29) is 10.8 Å². The van der Waals surface area contributed by atoms with Gasteiger partial charge in [0.05, 0.1) is 10.6 Å². The fourth-order valence-electron chi connectivity index (χ4n) is 2.28. The van der Waals surface area contributed by atoms with Crippen molar-refractivity contribution in [3.63, 3.8) is 0 Å². The second-order valence-electron chi connectivity index (χ2n) is 5.54. The van der Waals surface area contributed by atoms with Crippen LogP contribution in [0.2, 0.25) is 0 Å². The van der Waals surface area contributed by atoms with Crippen LogP contribution in [0.3, 0.4) is 0 Å². The van der Waals surface area contributed by atoms with Crippen molar-refractivity contribution in [1.29, 1.82) is 0 Å². The number of anilines is 1. The van der Waals surface area contributed by atoms with Crippen molar-refractivity contribution in [2.75, 3.05) is 17.5 Å². The first-order chi connectivity index (χ1) is 11.9. The summed E-state index contributed by atoms with van der Waals surface area (Å²) < 4.78 is 28.0. The second kappa shape index (κ2) is 8.40. The number of carbonyl (C=O) groups excluding carboxylic acids is 1. The van der Waals surface area contributed by atoms with Crippen molar-refractivity contribution < 1.29 is 13.2 Å². The third-order valence-corrected chi connectivity index (χ3v) is 5.81. The zero-order valence-electron chi connectivity index (χ0n) is 14.5. The fraction of sp³-hybridized carbons (Fsp3) is 0.278. The number of hydrogen-bond acceptors (Lipinski definition) is 4. The first kappa shape index (κ1) is 19.3. The number of nitrogens with one attached hydrogen (secondary N) is 2. The van der Waals surface area contributed by atoms with Gasteiger partial charge in [-0.2, -0.15) is 0 Å². The second-order valence-corrected chi connectivity index (χ2v) is 8.07. The van der Waals surface area contributed by atoms with Gasteiger partial charge in [0.2, 0.25) is 0 Å². The summed E-state index contributed by atoms with van der Waals surface area (Å²) in [5, 5.41) is 2.78. The van der Waals surface area contributed by atoms with Gasteiger partial charge in [-0.05, 0) is 49.4 Å². The normalized spacial score (nSPS) is 11.2. The Hall–Kier alpha value is -1.99. The summed E-state index contributed by atoms with van der Waals surface area (Å²) in [5.41, 5.74) is 1.62. The van der Waals surface area contributed by atoms with Crippen molar-refractivity contribution in [1.82, 2.24) is 5.32 Å². The van der Waals surface area contributed by atoms with Crippen LogP contribution in [-0.4, -0.2) is 27.1 Å². The maximum Gasteiger partial charge on any atom is 0.261 e. The Kier molecular flexibility index (Phi) is 6.50. The molecule has 5 nitrogen and oxygen atoms in total. The number of sulfonamides is 1. The lowest BCUT2D eigenvalue weighted by atomic mass is 10.1. The molecule has 7 heteroatoms. The highest BCUT2D eigenvalue weighted by molar-refractivity contribution is 7.99. The molecule has 2 N–H and O–H groups in total. The molecule has 2 aromatic rings. The summed E-state index contributed by atoms with van der Waals surface area (Å²) in [7, 11) is -3.78. The highest BCUT2D eigenvalue weighted by Gasteiger charge is 2.19. The van der Waals surface area contributed by atoms with E-state index in [1.54, 1.807) is 25.1 Å². The smallest absolute Gasteiger partial charge is 0.261 e. The van der Waals surface area contributed by atoms with E-state index < -0.39 is 10.0 Å². The van der Waals surface area contributed by atoms with E-state index in [1.165, 1.54) is 23.9 Å². The van der Waals surface area contributed by atoms with E-state index in [0.29, 0.717) is 17.8 Å². The molecule has 2 aromatic carbocycles. The molecule has 134 valence electrons. The lowest BCUT2D eigenvalue weighted by Gasteiger charge is -2.13. The van der Waals surface area contributed by atoms with Gasteiger partial charge in [-0.25, -0.2) is 8.42 Å². The number of benzene rings is 2. The fourth-order valence-corrected chi connectivity index (χ4v) is 4.00. The topological polar surface area (TPSA) is 75.3 Å². The first-order valence-corrected chi connectivity index (χ1v) is 10.6. The van der Waals surface area contributed by atoms with Gasteiger partial charge in [0.25, 0.3) is 15.9 Å². The number of thioether (sulfide) groups is 1. The average molecular weight is 379 g/mol. The summed E-state index contributed by atoms with van der Waals surface area (Å²) in [6.07, 6.45) is 2.70. The van der Waals surface area contributed by atoms with Crippen LogP contribution in [0, 0.1) is 6.92 Å². The Morgan fingerprint density at radius 3 is 2.56 bits per heavy atom. The van der Waals surface area contributed by atoms with E-state index >= 15 is 0 Å². The van der Waals surface area contributed by atoms with E-state index in [0.717, 1.165) is 16.9 Å². The number of amides is 1. The standard InChI is InChI=1S/C18H22N2O3S2/c1-4-11-19-18(21)15-12-14(10-9-13(15)2)25(22,23)20-16-7-5-6-8-17(16)24-3/h5-10,12,20H,4,11H2,1-3H3,(H,19,21). The Balaban J connectivity index is 2.35. The predicted molar refractivity (Wildman–Crippen MR) is 103 cm³/mol. The Labute approximate surface area is 153 Å². The molecule has 0 aliphatic heterocycles. The molecule has 0 aliphatic rings. The average Bonchev–Trinajstić information content (AvgIpc) is 2.60. The van der Waals surface area contributed by atoms with Gasteiger partial charge in [-0.15, -0.1) is 11.8 Å². The van der Waals surface area contributed by atoms with Crippen LogP contribution >= 0.6 is 11.8 Å². The van der Waals surface area contributed by atoms with E-state index in [1.807, 2.05) is 25.3 Å². The third kappa shape index (κ3) is 4.76. The van der Waals surface area contributed by atoms with E-state index in [4.69, 9.17) is 0 Å². The summed E-state index contributed by atoms with van der Waals surface area (Å²) >= 11 is 1.46. The van der Waals surface area contributed by atoms with Crippen molar-refractivity contribution >= 4 is 33.4 Å². The van der Waals surface area contributed by atoms with E-state index in [2.05, 4.69) is 10.0 Å². The highest BCUT2D eigenvalue weighted by atomic mass is 32.2. The number of hydrogen-bond donors (Lipinski definition) is 2. The maximum absolute atomic E-state index is 12.7. The Bertz CT molecular complexity index is 864. The van der Waals surface area contributed by atoms with Gasteiger partial charge in [0.1, 0.15) is 0 Å². The molecule has 0 saturated heterocycles. The largest absolute Gasteiger partial charge is 0.352 e. The predicted octanol–water partition coefficient (Wildman–Crippen LogP) is 3.66. The lowest BCUT2D eigenvalue weighted by molar-refractivity contribution is 0.0953. The zero-order valence-corrected chi connectivity index (χ0v) is 16.1. The quantitative estimate of drug-likeness (QED) is 0.721. The Morgan fingerprint density at radius 1 is 1.16 bits per heavy atom. The van der Waals surface area contributed by atoms with Crippen LogP contribution in [0.1, 0.15) is 29.3 Å². The summed E-state index contributed by atoms with van der Waals surface area (Å²) in [6, 6.07) is 11.8. The molecule has 25 heavy (non-hydrogen) atoms. The molecule has 0 saturated carbocycles. The molecule has 0 fully saturated rings. The summed E-state index contributed by atoms with van der Waals surface area (Å²) in [5.74, 6) is -0.263. The highest BCUT2D eigenvalue weighted by Crippen LogP contribution is 2.27. The van der Waals surface area contributed by atoms with Gasteiger partial charge in [-0.3, -0.25) is 9.52 Å². The van der Waals surface area contributed by atoms with Crippen LogP contribution in [0.5, 0.6) is 0 Å². The SMILES string of the molecule is CCCNC(=O)c1cc(S(=O)(=O)Nc2ccccc2SC)ccc1C. The monoisotopic (exact) mass is 378 g/mol. The minimum atomic E-state index is -3.78. The van der Waals surface area contributed by atoms with Crippen LogP contribution in [0.15, 0.2) is 52.3 Å². The van der Waals surface area contributed by atoms with Gasteiger partial charge >= 0.3 is 0 Å². The molecule has 1 amide bonds. The molecule has 0 aliphatic carbocycles. The van der Waals surface area contributed by atoms with Crippen molar-refractivity contribution in [3.8, 4) is 0 Å². The maximum atomic E-state index is 12.7. The van der Waals surface area contributed by atoms with Crippen LogP contribution in [-0.2, 0) is 10.0 Å². The zero-order chi connectivity index (χ0) is 18.4. The molecule has 0 heterocycles. The van der Waals surface area contributed by atoms with E-state index in [9.17, 15) is 13.2 Å². The minimum Gasteiger partial charge on any atom is -0.352 e. The molecule has 0 atom stereocenters. The van der Waals surface area contributed by atoms with Gasteiger partial charge in [0.15, 0.2) is 0 Å². The van der Waals surface area contributed by atoms with Crippen molar-refractivity contribution in [3.05, 3.63) is 53.6 Å².